The largest absolute Gasteiger partial charge is 0.463 e. The van der Waals surface area contributed by atoms with Crippen LogP contribution in [0.3, 0.4) is 0 Å². The van der Waals surface area contributed by atoms with E-state index in [2.05, 4.69) is 43.1 Å². The summed E-state index contributed by atoms with van der Waals surface area (Å²) in [5, 5.41) is 3.13. The minimum absolute atomic E-state index is 0.304. The summed E-state index contributed by atoms with van der Waals surface area (Å²) in [6, 6.07) is 2.10. The molecule has 2 aromatic heterocycles. The Morgan fingerprint density at radius 2 is 2.10 bits per heavy atom. The van der Waals surface area contributed by atoms with Crippen LogP contribution in [0.4, 0.5) is 5.95 Å². The topological polar surface area (TPSA) is 73.1 Å². The van der Waals surface area contributed by atoms with E-state index in [1.807, 2.05) is 6.92 Å². The van der Waals surface area contributed by atoms with Crippen molar-refractivity contribution >= 4 is 21.9 Å². The predicted octanol–water partition coefficient (Wildman–Crippen LogP) is 3.50. The molecule has 0 aliphatic rings. The van der Waals surface area contributed by atoms with E-state index in [4.69, 9.17) is 9.15 Å². The Labute approximate surface area is 126 Å². The first-order valence-electron chi connectivity index (χ1n) is 6.60. The number of halogens is 1. The summed E-state index contributed by atoms with van der Waals surface area (Å²) in [4.78, 5) is 12.9. The van der Waals surface area contributed by atoms with E-state index in [0.717, 1.165) is 23.9 Å². The first-order valence-corrected chi connectivity index (χ1v) is 7.40. The molecule has 0 fully saturated rings. The van der Waals surface area contributed by atoms with Crippen LogP contribution in [0.2, 0.25) is 0 Å². The van der Waals surface area contributed by atoms with Gasteiger partial charge in [0.25, 0.3) is 0 Å². The smallest absolute Gasteiger partial charge is 0.321 e. The van der Waals surface area contributed by atoms with Crippen molar-refractivity contribution in [1.29, 1.82) is 0 Å². The molecule has 0 spiro atoms. The van der Waals surface area contributed by atoms with Gasteiger partial charge in [-0.15, -0.1) is 0 Å². The van der Waals surface area contributed by atoms with Gasteiger partial charge in [-0.05, 0) is 34.8 Å². The molecule has 1 N–H and O–H groups in total. The number of anilines is 1. The Balaban J connectivity index is 2.32. The molecule has 0 saturated carbocycles. The third kappa shape index (κ3) is 3.69. The molecule has 7 heteroatoms. The number of hydrogen-bond donors (Lipinski definition) is 1. The molecule has 0 aliphatic carbocycles. The quantitative estimate of drug-likeness (QED) is 0.831. The van der Waals surface area contributed by atoms with Crippen molar-refractivity contribution in [2.75, 3.05) is 18.5 Å². The molecule has 0 atom stereocenters. The fourth-order valence-corrected chi connectivity index (χ4v) is 1.86. The molecule has 0 aromatic carbocycles. The molecule has 108 valence electrons. The summed E-state index contributed by atoms with van der Waals surface area (Å²) in [6.07, 6.45) is 3.45. The maximum Gasteiger partial charge on any atom is 0.321 e. The molecule has 0 bridgehead atoms. The number of ether oxygens (including phenoxy) is 1. The van der Waals surface area contributed by atoms with Crippen LogP contribution in [0.25, 0.3) is 11.6 Å². The van der Waals surface area contributed by atoms with E-state index < -0.39 is 0 Å². The Kier molecular flexibility index (Phi) is 5.34. The summed E-state index contributed by atoms with van der Waals surface area (Å²) in [7, 11) is 0. The van der Waals surface area contributed by atoms with Crippen molar-refractivity contribution in [2.45, 2.75) is 26.7 Å². The number of hydrogen-bond acceptors (Lipinski definition) is 6. The lowest BCUT2D eigenvalue weighted by Gasteiger charge is -2.08. The number of rotatable bonds is 7. The average molecular weight is 341 g/mol. The van der Waals surface area contributed by atoms with Crippen LogP contribution in [0, 0.1) is 0 Å². The highest BCUT2D eigenvalue weighted by Crippen LogP contribution is 2.27. The highest BCUT2D eigenvalue weighted by Gasteiger charge is 2.14. The lowest BCUT2D eigenvalue weighted by atomic mass is 10.4. The molecule has 2 heterocycles. The highest BCUT2D eigenvalue weighted by atomic mass is 79.9. The van der Waals surface area contributed by atoms with Crippen LogP contribution in [-0.4, -0.2) is 28.1 Å². The fourth-order valence-electron chi connectivity index (χ4n) is 1.49. The van der Waals surface area contributed by atoms with E-state index in [1.165, 1.54) is 0 Å². The summed E-state index contributed by atoms with van der Waals surface area (Å²) >= 11 is 3.40. The van der Waals surface area contributed by atoms with Crippen molar-refractivity contribution < 1.29 is 9.15 Å². The third-order valence-electron chi connectivity index (χ3n) is 2.40. The maximum atomic E-state index is 5.50. The molecule has 2 rings (SSSR count). The summed E-state index contributed by atoms with van der Waals surface area (Å²) in [5.74, 6) is 1.50. The van der Waals surface area contributed by atoms with E-state index in [1.54, 1.807) is 12.3 Å². The van der Waals surface area contributed by atoms with Crippen LogP contribution in [0.1, 0.15) is 26.7 Å². The second kappa shape index (κ2) is 7.23. The number of furan rings is 1. The van der Waals surface area contributed by atoms with Gasteiger partial charge in [0.1, 0.15) is 0 Å². The summed E-state index contributed by atoms with van der Waals surface area (Å²) < 4.78 is 11.7. The van der Waals surface area contributed by atoms with E-state index >= 15 is 0 Å². The molecule has 2 aromatic rings. The summed E-state index contributed by atoms with van der Waals surface area (Å²) in [5.41, 5.74) is 0. The van der Waals surface area contributed by atoms with Crippen molar-refractivity contribution in [1.82, 2.24) is 15.0 Å². The lowest BCUT2D eigenvalue weighted by Crippen LogP contribution is -2.09. The zero-order chi connectivity index (χ0) is 14.4. The second-order valence-corrected chi connectivity index (χ2v) is 4.99. The third-order valence-corrected chi connectivity index (χ3v) is 3.03. The summed E-state index contributed by atoms with van der Waals surface area (Å²) in [6.45, 7) is 5.46. The standard InChI is InChI=1S/C13H17BrN4O2/c1-3-6-15-12-16-11(10-9(14)5-8-19-10)17-13(18-12)20-7-4-2/h5,8H,3-4,6-7H2,1-2H3,(H,15,16,17,18). The second-order valence-electron chi connectivity index (χ2n) is 4.14. The van der Waals surface area contributed by atoms with Gasteiger partial charge in [0.15, 0.2) is 5.76 Å². The molecule has 0 amide bonds. The van der Waals surface area contributed by atoms with Gasteiger partial charge >= 0.3 is 6.01 Å². The highest BCUT2D eigenvalue weighted by molar-refractivity contribution is 9.10. The number of nitrogens with zero attached hydrogens (tertiary/aromatic N) is 3. The van der Waals surface area contributed by atoms with Gasteiger partial charge in [-0.1, -0.05) is 13.8 Å². The molecule has 20 heavy (non-hydrogen) atoms. The normalized spacial score (nSPS) is 10.6. The molecule has 0 radical (unpaired) electrons. The van der Waals surface area contributed by atoms with Crippen LogP contribution in [-0.2, 0) is 0 Å². The monoisotopic (exact) mass is 340 g/mol. The van der Waals surface area contributed by atoms with Gasteiger partial charge in [-0.2, -0.15) is 15.0 Å². The van der Waals surface area contributed by atoms with E-state index in [-0.39, 0.29) is 0 Å². The Hall–Kier alpha value is -1.63. The van der Waals surface area contributed by atoms with Crippen molar-refractivity contribution in [3.8, 4) is 17.6 Å². The molecular weight excluding hydrogens is 324 g/mol. The SMILES string of the molecule is CCCNc1nc(OCCC)nc(-c2occc2Br)n1. The van der Waals surface area contributed by atoms with E-state index in [9.17, 15) is 0 Å². The van der Waals surface area contributed by atoms with Gasteiger partial charge in [0, 0.05) is 6.54 Å². The van der Waals surface area contributed by atoms with Gasteiger partial charge in [-0.25, -0.2) is 0 Å². The predicted molar refractivity (Wildman–Crippen MR) is 79.8 cm³/mol. The van der Waals surface area contributed by atoms with E-state index in [0.29, 0.717) is 30.2 Å². The van der Waals surface area contributed by atoms with Crippen molar-refractivity contribution in [3.05, 3.63) is 16.8 Å². The van der Waals surface area contributed by atoms with Gasteiger partial charge in [-0.3, -0.25) is 0 Å². The van der Waals surface area contributed by atoms with Crippen LogP contribution >= 0.6 is 15.9 Å². The first kappa shape index (κ1) is 14.8. The van der Waals surface area contributed by atoms with Crippen molar-refractivity contribution in [3.63, 3.8) is 0 Å². The minimum Gasteiger partial charge on any atom is -0.463 e. The van der Waals surface area contributed by atoms with Gasteiger partial charge in [0.2, 0.25) is 11.8 Å². The zero-order valence-corrected chi connectivity index (χ0v) is 13.1. The minimum atomic E-state index is 0.304. The Morgan fingerprint density at radius 3 is 2.75 bits per heavy atom. The maximum absolute atomic E-state index is 5.50. The first-order chi connectivity index (χ1) is 9.74. The number of aromatic nitrogens is 3. The van der Waals surface area contributed by atoms with Crippen LogP contribution < -0.4 is 10.1 Å². The van der Waals surface area contributed by atoms with Crippen LogP contribution in [0.15, 0.2) is 21.2 Å². The van der Waals surface area contributed by atoms with Crippen molar-refractivity contribution in [2.24, 2.45) is 0 Å². The zero-order valence-electron chi connectivity index (χ0n) is 11.5. The molecule has 0 saturated heterocycles. The van der Waals surface area contributed by atoms with Crippen LogP contribution in [0.5, 0.6) is 6.01 Å². The molecule has 6 nitrogen and oxygen atoms in total. The Morgan fingerprint density at radius 1 is 1.25 bits per heavy atom. The number of nitrogens with one attached hydrogen (secondary N) is 1. The van der Waals surface area contributed by atoms with Gasteiger partial charge < -0.3 is 14.5 Å². The molecular formula is C13H17BrN4O2. The molecule has 0 unspecified atom stereocenters. The Bertz CT molecular complexity index is 533. The lowest BCUT2D eigenvalue weighted by molar-refractivity contribution is 0.292. The fraction of sp³-hybridized carbons (Fsp3) is 0.462. The molecule has 0 aliphatic heterocycles. The average Bonchev–Trinajstić information content (AvgIpc) is 2.89. The van der Waals surface area contributed by atoms with Gasteiger partial charge in [0.05, 0.1) is 17.3 Å².